The van der Waals surface area contributed by atoms with Crippen LogP contribution in [-0.4, -0.2) is 13.2 Å². The van der Waals surface area contributed by atoms with E-state index in [-0.39, 0.29) is 12.0 Å². The largest absolute Gasteiger partial charge is 0.389 e. The maximum absolute atomic E-state index is 13.4. The van der Waals surface area contributed by atoms with Crippen molar-refractivity contribution in [3.05, 3.63) is 34.6 Å². The Balaban J connectivity index is 2.82. The Hall–Kier alpha value is -0.810. The van der Waals surface area contributed by atoms with Crippen LogP contribution in [0.5, 0.6) is 0 Å². The summed E-state index contributed by atoms with van der Waals surface area (Å²) >= 11 is 5.69. The molecule has 6 heteroatoms. The molecule has 0 bridgehead atoms. The van der Waals surface area contributed by atoms with Gasteiger partial charge in [0.05, 0.1) is 0 Å². The van der Waals surface area contributed by atoms with Crippen LogP contribution < -0.4 is 5.32 Å². The van der Waals surface area contributed by atoms with Gasteiger partial charge in [0.15, 0.2) is 0 Å². The number of halogens is 5. The summed E-state index contributed by atoms with van der Waals surface area (Å²) in [7, 11) is 1.49. The molecule has 0 heterocycles. The molecule has 0 spiro atoms. The molecule has 1 N–H and O–H groups in total. The highest BCUT2D eigenvalue weighted by Gasteiger charge is 2.29. The third-order valence-electron chi connectivity index (χ3n) is 2.40. The zero-order valence-electron chi connectivity index (χ0n) is 9.11. The summed E-state index contributed by atoms with van der Waals surface area (Å²) in [5, 5.41) is 2.96. The molecule has 0 saturated carbocycles. The molecule has 0 amide bonds. The molecule has 1 aromatic rings. The molecule has 1 unspecified atom stereocenters. The molecule has 0 aliphatic rings. The highest BCUT2D eigenvalue weighted by atomic mass is 35.5. The van der Waals surface area contributed by atoms with E-state index >= 15 is 0 Å². The van der Waals surface area contributed by atoms with Crippen molar-refractivity contribution in [2.24, 2.45) is 0 Å². The van der Waals surface area contributed by atoms with Crippen LogP contribution in [0.2, 0.25) is 5.02 Å². The molecule has 0 aromatic heterocycles. The summed E-state index contributed by atoms with van der Waals surface area (Å²) < 4.78 is 49.7. The summed E-state index contributed by atoms with van der Waals surface area (Å²) in [6.07, 6.45) is -5.44. The lowest BCUT2D eigenvalue weighted by atomic mass is 10.0. The molecule has 1 aromatic carbocycles. The zero-order valence-corrected chi connectivity index (χ0v) is 9.87. The van der Waals surface area contributed by atoms with Crippen LogP contribution in [0.15, 0.2) is 18.2 Å². The Bertz CT molecular complexity index is 378. The van der Waals surface area contributed by atoms with Crippen molar-refractivity contribution in [3.8, 4) is 0 Å². The summed E-state index contributed by atoms with van der Waals surface area (Å²) in [5.41, 5.74) is 0.157. The van der Waals surface area contributed by atoms with E-state index in [0.29, 0.717) is 5.02 Å². The van der Waals surface area contributed by atoms with E-state index in [2.05, 4.69) is 5.32 Å². The van der Waals surface area contributed by atoms with Crippen LogP contribution in [0.4, 0.5) is 17.6 Å². The first kappa shape index (κ1) is 14.3. The first-order valence-electron chi connectivity index (χ1n) is 5.02. The van der Waals surface area contributed by atoms with Crippen LogP contribution in [0, 0.1) is 5.82 Å². The standard InChI is InChI=1S/C11H12ClF4N/c1-17-10(4-5-11(14,15)16)8-6-7(12)2-3-9(8)13/h2-3,6,10,17H,4-5H2,1H3. The van der Waals surface area contributed by atoms with E-state index in [0.717, 1.165) is 6.07 Å². The van der Waals surface area contributed by atoms with E-state index in [1.807, 2.05) is 0 Å². The van der Waals surface area contributed by atoms with Crippen LogP contribution in [-0.2, 0) is 0 Å². The molecule has 0 aliphatic carbocycles. The second kappa shape index (κ2) is 5.69. The number of alkyl halides is 3. The third kappa shape index (κ3) is 4.52. The molecule has 0 radical (unpaired) electrons. The Labute approximate surface area is 102 Å². The number of nitrogens with one attached hydrogen (secondary N) is 1. The summed E-state index contributed by atoms with van der Waals surface area (Å²) in [5.74, 6) is -0.559. The Morgan fingerprint density at radius 2 is 2.00 bits per heavy atom. The first-order valence-corrected chi connectivity index (χ1v) is 5.40. The fourth-order valence-electron chi connectivity index (χ4n) is 1.54. The molecule has 17 heavy (non-hydrogen) atoms. The number of benzene rings is 1. The average molecular weight is 270 g/mol. The van der Waals surface area contributed by atoms with Crippen LogP contribution in [0.3, 0.4) is 0 Å². The van der Waals surface area contributed by atoms with Gasteiger partial charge in [-0.3, -0.25) is 0 Å². The van der Waals surface area contributed by atoms with E-state index < -0.39 is 24.5 Å². The van der Waals surface area contributed by atoms with E-state index in [1.165, 1.54) is 19.2 Å². The number of hydrogen-bond acceptors (Lipinski definition) is 1. The van der Waals surface area contributed by atoms with Gasteiger partial charge in [0.1, 0.15) is 5.82 Å². The SMILES string of the molecule is CNC(CCC(F)(F)F)c1cc(Cl)ccc1F. The first-order chi connectivity index (χ1) is 7.83. The minimum Gasteiger partial charge on any atom is -0.313 e. The highest BCUT2D eigenvalue weighted by molar-refractivity contribution is 6.30. The quantitative estimate of drug-likeness (QED) is 0.812. The van der Waals surface area contributed by atoms with E-state index in [1.54, 1.807) is 0 Å². The van der Waals surface area contributed by atoms with Crippen molar-refractivity contribution in [2.75, 3.05) is 7.05 Å². The molecule has 1 atom stereocenters. The molecule has 0 aliphatic heterocycles. The van der Waals surface area contributed by atoms with Gasteiger partial charge in [-0.2, -0.15) is 13.2 Å². The van der Waals surface area contributed by atoms with Crippen LogP contribution in [0.1, 0.15) is 24.4 Å². The van der Waals surface area contributed by atoms with Gasteiger partial charge in [0.2, 0.25) is 0 Å². The van der Waals surface area contributed by atoms with E-state index in [4.69, 9.17) is 11.6 Å². The van der Waals surface area contributed by atoms with Gasteiger partial charge in [-0.25, -0.2) is 4.39 Å². The average Bonchev–Trinajstić information content (AvgIpc) is 2.22. The maximum Gasteiger partial charge on any atom is 0.389 e. The molecule has 1 rings (SSSR count). The molecular formula is C11H12ClF4N. The summed E-state index contributed by atoms with van der Waals surface area (Å²) in [6, 6.07) is 3.15. The minimum atomic E-state index is -4.25. The lowest BCUT2D eigenvalue weighted by Gasteiger charge is -2.18. The fraction of sp³-hybridized carbons (Fsp3) is 0.455. The second-order valence-electron chi connectivity index (χ2n) is 3.66. The topological polar surface area (TPSA) is 12.0 Å². The monoisotopic (exact) mass is 269 g/mol. The Morgan fingerprint density at radius 3 is 2.53 bits per heavy atom. The minimum absolute atomic E-state index is 0.157. The van der Waals surface area contributed by atoms with Crippen molar-refractivity contribution in [1.82, 2.24) is 5.32 Å². The normalized spacial score (nSPS) is 13.8. The van der Waals surface area contributed by atoms with Gasteiger partial charge in [-0.15, -0.1) is 0 Å². The van der Waals surface area contributed by atoms with Crippen LogP contribution in [0.25, 0.3) is 0 Å². The summed E-state index contributed by atoms with van der Waals surface area (Å²) in [6.45, 7) is 0. The molecule has 0 saturated heterocycles. The van der Waals surface area contributed by atoms with Crippen molar-refractivity contribution in [3.63, 3.8) is 0 Å². The predicted molar refractivity (Wildman–Crippen MR) is 58.5 cm³/mol. The van der Waals surface area contributed by atoms with Crippen molar-refractivity contribution in [1.29, 1.82) is 0 Å². The molecular weight excluding hydrogens is 258 g/mol. The van der Waals surface area contributed by atoms with E-state index in [9.17, 15) is 17.6 Å². The number of hydrogen-bond donors (Lipinski definition) is 1. The summed E-state index contributed by atoms with van der Waals surface area (Å²) in [4.78, 5) is 0. The van der Waals surface area contributed by atoms with Crippen molar-refractivity contribution < 1.29 is 17.6 Å². The lowest BCUT2D eigenvalue weighted by Crippen LogP contribution is -2.20. The highest BCUT2D eigenvalue weighted by Crippen LogP contribution is 2.29. The molecule has 1 nitrogen and oxygen atoms in total. The smallest absolute Gasteiger partial charge is 0.313 e. The van der Waals surface area contributed by atoms with Gasteiger partial charge in [0, 0.05) is 23.0 Å². The van der Waals surface area contributed by atoms with Gasteiger partial charge < -0.3 is 5.32 Å². The van der Waals surface area contributed by atoms with Crippen LogP contribution >= 0.6 is 11.6 Å². The zero-order chi connectivity index (χ0) is 13.1. The third-order valence-corrected chi connectivity index (χ3v) is 2.63. The van der Waals surface area contributed by atoms with Gasteiger partial charge in [0.25, 0.3) is 0 Å². The predicted octanol–water partition coefficient (Wildman–Crippen LogP) is 4.08. The maximum atomic E-state index is 13.4. The molecule has 0 fully saturated rings. The number of rotatable bonds is 4. The van der Waals surface area contributed by atoms with Gasteiger partial charge >= 0.3 is 6.18 Å². The van der Waals surface area contributed by atoms with Crippen molar-refractivity contribution >= 4 is 11.6 Å². The van der Waals surface area contributed by atoms with Gasteiger partial charge in [-0.05, 0) is 31.7 Å². The van der Waals surface area contributed by atoms with Gasteiger partial charge in [-0.1, -0.05) is 11.6 Å². The fourth-order valence-corrected chi connectivity index (χ4v) is 1.73. The second-order valence-corrected chi connectivity index (χ2v) is 4.10. The van der Waals surface area contributed by atoms with Crippen molar-refractivity contribution in [2.45, 2.75) is 25.1 Å². The lowest BCUT2D eigenvalue weighted by molar-refractivity contribution is -0.136. The Kier molecular flexibility index (Phi) is 4.77. The Morgan fingerprint density at radius 1 is 1.35 bits per heavy atom. The molecule has 96 valence electrons.